The second-order valence-electron chi connectivity index (χ2n) is 3.50. The molecule has 0 aliphatic heterocycles. The van der Waals surface area contributed by atoms with Crippen LogP contribution >= 0.6 is 0 Å². The number of primary amides is 1. The number of hydrogen-bond acceptors (Lipinski definition) is 5. The number of aliphatic carboxylic acids is 2. The van der Waals surface area contributed by atoms with Crippen LogP contribution in [-0.4, -0.2) is 39.9 Å². The normalized spacial score (nSPS) is 13.7. The molecule has 0 bridgehead atoms. The highest BCUT2D eigenvalue weighted by atomic mass is 16.4. The van der Waals surface area contributed by atoms with Crippen LogP contribution in [0.3, 0.4) is 0 Å². The maximum absolute atomic E-state index is 11.5. The Morgan fingerprint density at radius 3 is 2.00 bits per heavy atom. The Morgan fingerprint density at radius 1 is 1.12 bits per heavy atom. The van der Waals surface area contributed by atoms with Crippen molar-refractivity contribution in [2.45, 2.75) is 25.3 Å². The lowest BCUT2D eigenvalue weighted by Crippen LogP contribution is -2.40. The average Bonchev–Trinajstić information content (AvgIpc) is 2.20. The van der Waals surface area contributed by atoms with Gasteiger partial charge >= 0.3 is 11.9 Å². The van der Waals surface area contributed by atoms with Crippen molar-refractivity contribution in [3.8, 4) is 0 Å². The Hall–Kier alpha value is -1.96. The molecule has 0 saturated carbocycles. The van der Waals surface area contributed by atoms with Crippen LogP contribution in [0.4, 0.5) is 0 Å². The molecule has 0 aromatic rings. The van der Waals surface area contributed by atoms with E-state index in [4.69, 9.17) is 21.7 Å². The van der Waals surface area contributed by atoms with Crippen molar-refractivity contribution in [1.82, 2.24) is 0 Å². The number of rotatable bonds is 8. The molecule has 0 spiro atoms. The van der Waals surface area contributed by atoms with Crippen LogP contribution in [0, 0.1) is 5.92 Å². The van der Waals surface area contributed by atoms with Crippen LogP contribution in [0.25, 0.3) is 0 Å². The van der Waals surface area contributed by atoms with Gasteiger partial charge in [-0.1, -0.05) is 0 Å². The predicted molar refractivity (Wildman–Crippen MR) is 54.8 cm³/mol. The number of carboxylic acids is 2. The number of ketones is 1. The van der Waals surface area contributed by atoms with Crippen LogP contribution in [0.1, 0.15) is 19.3 Å². The van der Waals surface area contributed by atoms with E-state index in [-0.39, 0.29) is 12.8 Å². The van der Waals surface area contributed by atoms with Gasteiger partial charge < -0.3 is 21.7 Å². The van der Waals surface area contributed by atoms with Crippen LogP contribution in [-0.2, 0) is 19.2 Å². The van der Waals surface area contributed by atoms with E-state index in [0.29, 0.717) is 0 Å². The first kappa shape index (κ1) is 15.0. The molecule has 0 radical (unpaired) electrons. The van der Waals surface area contributed by atoms with Gasteiger partial charge in [-0.25, -0.2) is 0 Å². The van der Waals surface area contributed by atoms with E-state index in [1.165, 1.54) is 0 Å². The quantitative estimate of drug-likeness (QED) is 0.372. The van der Waals surface area contributed by atoms with Crippen molar-refractivity contribution in [1.29, 1.82) is 0 Å². The summed E-state index contributed by atoms with van der Waals surface area (Å²) in [5, 5.41) is 17.1. The number of hydrogen-bond donors (Lipinski definition) is 4. The van der Waals surface area contributed by atoms with Gasteiger partial charge in [0, 0.05) is 6.42 Å². The fourth-order valence-electron chi connectivity index (χ4n) is 1.18. The van der Waals surface area contributed by atoms with Crippen molar-refractivity contribution in [3.63, 3.8) is 0 Å². The zero-order valence-corrected chi connectivity index (χ0v) is 8.96. The molecule has 2 atom stereocenters. The standard InChI is InChI=1S/C9H14N2O6/c10-5(1-2-6(11)12)8(15)4(9(16)17)3-7(13)14/h4-5H,1-3,10H2,(H2,11,12)(H,13,14)(H,16,17). The van der Waals surface area contributed by atoms with E-state index in [1.54, 1.807) is 0 Å². The van der Waals surface area contributed by atoms with Gasteiger partial charge in [0.15, 0.2) is 5.78 Å². The molecule has 1 amide bonds. The number of nitrogens with two attached hydrogens (primary N) is 2. The minimum atomic E-state index is -1.70. The SMILES string of the molecule is NC(=O)CCC(N)C(=O)C(CC(=O)O)C(=O)O. The molecule has 0 aliphatic carbocycles. The Labute approximate surface area is 96.6 Å². The topological polar surface area (TPSA) is 161 Å². The van der Waals surface area contributed by atoms with Gasteiger partial charge in [0.25, 0.3) is 0 Å². The van der Waals surface area contributed by atoms with Crippen LogP contribution in [0.5, 0.6) is 0 Å². The van der Waals surface area contributed by atoms with Crippen molar-refractivity contribution in [2.75, 3.05) is 0 Å². The molecule has 2 unspecified atom stereocenters. The van der Waals surface area contributed by atoms with E-state index in [0.717, 1.165) is 0 Å². The van der Waals surface area contributed by atoms with Gasteiger partial charge in [0.2, 0.25) is 5.91 Å². The van der Waals surface area contributed by atoms with E-state index < -0.39 is 42.0 Å². The minimum Gasteiger partial charge on any atom is -0.481 e. The smallest absolute Gasteiger partial charge is 0.314 e. The van der Waals surface area contributed by atoms with Crippen LogP contribution in [0.2, 0.25) is 0 Å². The third-order valence-corrected chi connectivity index (χ3v) is 2.09. The molecule has 0 aromatic heterocycles. The zero-order chi connectivity index (χ0) is 13.6. The Kier molecular flexibility index (Phi) is 5.83. The lowest BCUT2D eigenvalue weighted by atomic mass is 9.93. The Balaban J connectivity index is 4.55. The molecule has 0 aromatic carbocycles. The molecule has 6 N–H and O–H groups in total. The van der Waals surface area contributed by atoms with Gasteiger partial charge in [0.05, 0.1) is 12.5 Å². The summed E-state index contributed by atoms with van der Waals surface area (Å²) in [6.45, 7) is 0. The number of carboxylic acid groups (broad SMARTS) is 2. The summed E-state index contributed by atoms with van der Waals surface area (Å²) in [7, 11) is 0. The zero-order valence-electron chi connectivity index (χ0n) is 8.96. The molecule has 0 heterocycles. The molecule has 0 saturated heterocycles. The largest absolute Gasteiger partial charge is 0.481 e. The van der Waals surface area contributed by atoms with Gasteiger partial charge in [-0.15, -0.1) is 0 Å². The summed E-state index contributed by atoms with van der Waals surface area (Å²) < 4.78 is 0. The monoisotopic (exact) mass is 246 g/mol. The van der Waals surface area contributed by atoms with E-state index in [1.807, 2.05) is 0 Å². The van der Waals surface area contributed by atoms with Gasteiger partial charge in [-0.3, -0.25) is 19.2 Å². The molecule has 0 fully saturated rings. The van der Waals surface area contributed by atoms with Crippen molar-refractivity contribution in [3.05, 3.63) is 0 Å². The second kappa shape index (κ2) is 6.59. The average molecular weight is 246 g/mol. The molecular weight excluding hydrogens is 232 g/mol. The molecular formula is C9H14N2O6. The highest BCUT2D eigenvalue weighted by Gasteiger charge is 2.32. The molecule has 17 heavy (non-hydrogen) atoms. The number of Topliss-reactive ketones (excluding diaryl/α,β-unsaturated/α-hetero) is 1. The maximum Gasteiger partial charge on any atom is 0.314 e. The Morgan fingerprint density at radius 2 is 1.65 bits per heavy atom. The Bertz CT molecular complexity index is 340. The van der Waals surface area contributed by atoms with E-state index in [9.17, 15) is 19.2 Å². The van der Waals surface area contributed by atoms with Gasteiger partial charge in [-0.05, 0) is 6.42 Å². The lowest BCUT2D eigenvalue weighted by Gasteiger charge is -2.14. The summed E-state index contributed by atoms with van der Waals surface area (Å²) in [6, 6.07) is -1.21. The summed E-state index contributed by atoms with van der Waals surface area (Å²) in [6.07, 6.45) is -1.09. The number of amides is 1. The van der Waals surface area contributed by atoms with Crippen molar-refractivity contribution in [2.24, 2.45) is 17.4 Å². The van der Waals surface area contributed by atoms with Gasteiger partial charge in [-0.2, -0.15) is 0 Å². The van der Waals surface area contributed by atoms with E-state index in [2.05, 4.69) is 0 Å². The third kappa shape index (κ3) is 5.61. The first-order valence-corrected chi connectivity index (χ1v) is 4.78. The van der Waals surface area contributed by atoms with Crippen molar-refractivity contribution >= 4 is 23.6 Å². The molecule has 96 valence electrons. The summed E-state index contributed by atoms with van der Waals surface area (Å²) in [5.74, 6) is -6.24. The number of carbonyl (C=O) groups excluding carboxylic acids is 2. The molecule has 8 nitrogen and oxygen atoms in total. The van der Waals surface area contributed by atoms with Gasteiger partial charge in [0.1, 0.15) is 5.92 Å². The first-order valence-electron chi connectivity index (χ1n) is 4.78. The molecule has 0 aliphatic rings. The highest BCUT2D eigenvalue weighted by Crippen LogP contribution is 2.10. The van der Waals surface area contributed by atoms with Crippen molar-refractivity contribution < 1.29 is 29.4 Å². The van der Waals surface area contributed by atoms with E-state index >= 15 is 0 Å². The summed E-state index contributed by atoms with van der Waals surface area (Å²) >= 11 is 0. The predicted octanol–water partition coefficient (Wildman–Crippen LogP) is -1.68. The summed E-state index contributed by atoms with van der Waals surface area (Å²) in [5.41, 5.74) is 10.2. The minimum absolute atomic E-state index is 0.0996. The highest BCUT2D eigenvalue weighted by molar-refractivity contribution is 6.03. The van der Waals surface area contributed by atoms with Crippen LogP contribution < -0.4 is 11.5 Å². The van der Waals surface area contributed by atoms with Crippen LogP contribution in [0.15, 0.2) is 0 Å². The lowest BCUT2D eigenvalue weighted by molar-refractivity contribution is -0.152. The fraction of sp³-hybridized carbons (Fsp3) is 0.556. The third-order valence-electron chi connectivity index (χ3n) is 2.09. The maximum atomic E-state index is 11.5. The first-order chi connectivity index (χ1) is 7.75. The molecule has 8 heteroatoms. The fourth-order valence-corrected chi connectivity index (χ4v) is 1.18. The summed E-state index contributed by atoms with van der Waals surface area (Å²) in [4.78, 5) is 43.0. The number of carbonyl (C=O) groups is 4. The molecule has 0 rings (SSSR count). The second-order valence-corrected chi connectivity index (χ2v) is 3.50.